The molecule has 2 amide bonds. The van der Waals surface area contributed by atoms with Gasteiger partial charge in [0.2, 0.25) is 11.8 Å². The third-order valence-corrected chi connectivity index (χ3v) is 8.77. The van der Waals surface area contributed by atoms with E-state index in [1.165, 1.54) is 17.0 Å². The number of hydrogen-bond acceptors (Lipinski definition) is 4. The van der Waals surface area contributed by atoms with Crippen molar-refractivity contribution in [1.29, 1.82) is 0 Å². The van der Waals surface area contributed by atoms with Crippen LogP contribution < -0.4 is 9.62 Å². The van der Waals surface area contributed by atoms with Crippen LogP contribution in [0.25, 0.3) is 0 Å². The molecule has 0 fully saturated rings. The Morgan fingerprint density at radius 1 is 0.897 bits per heavy atom. The monoisotopic (exact) mass is 589 g/mol. The van der Waals surface area contributed by atoms with Gasteiger partial charge in [0.1, 0.15) is 12.6 Å². The largest absolute Gasteiger partial charge is 0.352 e. The van der Waals surface area contributed by atoms with Crippen molar-refractivity contribution in [3.8, 4) is 0 Å². The fourth-order valence-electron chi connectivity index (χ4n) is 4.04. The van der Waals surface area contributed by atoms with Crippen molar-refractivity contribution in [3.63, 3.8) is 0 Å². The van der Waals surface area contributed by atoms with E-state index in [-0.39, 0.29) is 23.4 Å². The van der Waals surface area contributed by atoms with E-state index >= 15 is 0 Å². The predicted molar refractivity (Wildman–Crippen MR) is 156 cm³/mol. The highest BCUT2D eigenvalue weighted by molar-refractivity contribution is 7.92. The van der Waals surface area contributed by atoms with Gasteiger partial charge in [0.05, 0.1) is 10.6 Å². The second-order valence-electron chi connectivity index (χ2n) is 9.16. The first-order valence-corrected chi connectivity index (χ1v) is 14.9. The van der Waals surface area contributed by atoms with Gasteiger partial charge in [-0.25, -0.2) is 8.42 Å². The van der Waals surface area contributed by atoms with Crippen molar-refractivity contribution >= 4 is 50.7 Å². The Hall–Kier alpha value is -3.07. The number of anilines is 1. The van der Waals surface area contributed by atoms with Crippen LogP contribution in [0.1, 0.15) is 39.2 Å². The lowest BCUT2D eigenvalue weighted by molar-refractivity contribution is -0.140. The summed E-state index contributed by atoms with van der Waals surface area (Å²) in [6.45, 7) is 5.13. The first-order valence-electron chi connectivity index (χ1n) is 12.7. The topological polar surface area (TPSA) is 86.8 Å². The first kappa shape index (κ1) is 30.5. The summed E-state index contributed by atoms with van der Waals surface area (Å²) in [4.78, 5) is 28.8. The standard InChI is InChI=1S/C29H33Cl2N3O4S/c1-4-21(3)32-29(36)27(5-2)33(19-22-16-17-23(30)18-26(22)31)28(35)20-34(24-12-8-6-9-13-24)39(37,38)25-14-10-7-11-15-25/h6-18,21,27H,4-5,19-20H2,1-3H3,(H,32,36)/t21-,27+/m0/s1. The smallest absolute Gasteiger partial charge is 0.264 e. The zero-order valence-electron chi connectivity index (χ0n) is 22.2. The molecule has 0 aliphatic carbocycles. The van der Waals surface area contributed by atoms with E-state index in [0.717, 1.165) is 10.7 Å². The minimum Gasteiger partial charge on any atom is -0.352 e. The number of carbonyl (C=O) groups excluding carboxylic acids is 2. The van der Waals surface area contributed by atoms with Crippen LogP contribution >= 0.6 is 23.2 Å². The van der Waals surface area contributed by atoms with Crippen molar-refractivity contribution in [2.45, 2.75) is 57.1 Å². The predicted octanol–water partition coefficient (Wildman–Crippen LogP) is 5.91. The van der Waals surface area contributed by atoms with Crippen LogP contribution in [0.2, 0.25) is 10.0 Å². The molecule has 0 aromatic heterocycles. The van der Waals surface area contributed by atoms with Crippen molar-refractivity contribution in [2.75, 3.05) is 10.8 Å². The summed E-state index contributed by atoms with van der Waals surface area (Å²) in [6.07, 6.45) is 1.03. The number of amides is 2. The van der Waals surface area contributed by atoms with Gasteiger partial charge in [0.15, 0.2) is 0 Å². The molecule has 39 heavy (non-hydrogen) atoms. The molecule has 0 aliphatic heterocycles. The Labute approximate surface area is 240 Å². The highest BCUT2D eigenvalue weighted by Gasteiger charge is 2.34. The first-order chi connectivity index (χ1) is 18.6. The van der Waals surface area contributed by atoms with E-state index in [1.807, 2.05) is 13.8 Å². The average Bonchev–Trinajstić information content (AvgIpc) is 2.93. The van der Waals surface area contributed by atoms with Crippen molar-refractivity contribution < 1.29 is 18.0 Å². The third-order valence-electron chi connectivity index (χ3n) is 6.40. The molecule has 0 heterocycles. The Morgan fingerprint density at radius 2 is 1.51 bits per heavy atom. The molecule has 0 saturated carbocycles. The summed E-state index contributed by atoms with van der Waals surface area (Å²) in [6, 6.07) is 20.3. The van der Waals surface area contributed by atoms with Crippen LogP contribution in [0.3, 0.4) is 0 Å². The highest BCUT2D eigenvalue weighted by Crippen LogP contribution is 2.26. The summed E-state index contributed by atoms with van der Waals surface area (Å²) in [5, 5.41) is 3.73. The summed E-state index contributed by atoms with van der Waals surface area (Å²) in [5.74, 6) is -0.863. The van der Waals surface area contributed by atoms with Gasteiger partial charge in [-0.05, 0) is 61.7 Å². The van der Waals surface area contributed by atoms with Gasteiger partial charge in [-0.3, -0.25) is 13.9 Å². The molecule has 2 atom stereocenters. The second kappa shape index (κ2) is 13.8. The number of para-hydroxylation sites is 1. The van der Waals surface area contributed by atoms with Gasteiger partial charge in [-0.1, -0.05) is 79.5 Å². The maximum absolute atomic E-state index is 14.0. The summed E-state index contributed by atoms with van der Waals surface area (Å²) >= 11 is 12.5. The molecule has 208 valence electrons. The van der Waals surface area contributed by atoms with Crippen molar-refractivity contribution in [2.24, 2.45) is 0 Å². The molecule has 0 bridgehead atoms. The molecule has 7 nitrogen and oxygen atoms in total. The molecule has 10 heteroatoms. The van der Waals surface area contributed by atoms with Gasteiger partial charge < -0.3 is 10.2 Å². The van der Waals surface area contributed by atoms with Crippen molar-refractivity contribution in [1.82, 2.24) is 10.2 Å². The maximum atomic E-state index is 14.0. The summed E-state index contributed by atoms with van der Waals surface area (Å²) < 4.78 is 28.5. The van der Waals surface area contributed by atoms with E-state index in [2.05, 4.69) is 5.32 Å². The normalized spacial score (nSPS) is 12.8. The highest BCUT2D eigenvalue weighted by atomic mass is 35.5. The molecule has 0 saturated heterocycles. The minimum atomic E-state index is -4.10. The van der Waals surface area contributed by atoms with Crippen LogP contribution in [0, 0.1) is 0 Å². The Kier molecular flexibility index (Phi) is 10.8. The number of nitrogens with one attached hydrogen (secondary N) is 1. The van der Waals surface area contributed by atoms with Crippen LogP contribution in [-0.4, -0.2) is 43.8 Å². The quantitative estimate of drug-likeness (QED) is 0.284. The molecule has 0 aliphatic rings. The third kappa shape index (κ3) is 7.75. The number of benzene rings is 3. The molecular formula is C29H33Cl2N3O4S. The molecule has 0 radical (unpaired) electrons. The lowest BCUT2D eigenvalue weighted by Gasteiger charge is -2.34. The Bertz CT molecular complexity index is 1370. The number of rotatable bonds is 12. The summed E-state index contributed by atoms with van der Waals surface area (Å²) in [7, 11) is -4.10. The average molecular weight is 591 g/mol. The van der Waals surface area contributed by atoms with Gasteiger partial charge in [-0.15, -0.1) is 0 Å². The van der Waals surface area contributed by atoms with E-state index in [9.17, 15) is 18.0 Å². The fourth-order valence-corrected chi connectivity index (χ4v) is 5.94. The van der Waals surface area contributed by atoms with Crippen LogP contribution in [-0.2, 0) is 26.2 Å². The van der Waals surface area contributed by atoms with Gasteiger partial charge in [-0.2, -0.15) is 0 Å². The second-order valence-corrected chi connectivity index (χ2v) is 11.9. The van der Waals surface area contributed by atoms with Crippen LogP contribution in [0.4, 0.5) is 5.69 Å². The van der Waals surface area contributed by atoms with Gasteiger partial charge >= 0.3 is 0 Å². The SMILES string of the molecule is CC[C@H](C(=O)N[C@@H](C)CC)N(Cc1ccc(Cl)cc1Cl)C(=O)CN(c1ccccc1)S(=O)(=O)c1ccccc1. The Balaban J connectivity index is 2.05. The zero-order valence-corrected chi connectivity index (χ0v) is 24.5. The molecule has 3 aromatic rings. The van der Waals surface area contributed by atoms with E-state index in [0.29, 0.717) is 27.7 Å². The number of halogens is 2. The molecular weight excluding hydrogens is 557 g/mol. The number of carbonyl (C=O) groups is 2. The van der Waals surface area contributed by atoms with Gasteiger partial charge in [0, 0.05) is 22.6 Å². The summed E-state index contributed by atoms with van der Waals surface area (Å²) in [5.41, 5.74) is 0.915. The van der Waals surface area contributed by atoms with E-state index in [1.54, 1.807) is 73.7 Å². The Morgan fingerprint density at radius 3 is 2.08 bits per heavy atom. The number of hydrogen-bond donors (Lipinski definition) is 1. The molecule has 3 rings (SSSR count). The number of nitrogens with zero attached hydrogens (tertiary/aromatic N) is 2. The van der Waals surface area contributed by atoms with Crippen LogP contribution in [0.5, 0.6) is 0 Å². The van der Waals surface area contributed by atoms with Crippen molar-refractivity contribution in [3.05, 3.63) is 94.5 Å². The fraction of sp³-hybridized carbons (Fsp3) is 0.310. The molecule has 3 aromatic carbocycles. The van der Waals surface area contributed by atoms with Gasteiger partial charge in [0.25, 0.3) is 10.0 Å². The maximum Gasteiger partial charge on any atom is 0.264 e. The lowest BCUT2D eigenvalue weighted by Crippen LogP contribution is -2.53. The molecule has 0 spiro atoms. The number of sulfonamides is 1. The molecule has 1 N–H and O–H groups in total. The van der Waals surface area contributed by atoms with Crippen LogP contribution in [0.15, 0.2) is 83.8 Å². The molecule has 0 unspecified atom stereocenters. The lowest BCUT2D eigenvalue weighted by atomic mass is 10.1. The minimum absolute atomic E-state index is 0.00468. The van der Waals surface area contributed by atoms with E-state index < -0.39 is 28.5 Å². The zero-order chi connectivity index (χ0) is 28.6. The van der Waals surface area contributed by atoms with E-state index in [4.69, 9.17) is 23.2 Å².